The summed E-state index contributed by atoms with van der Waals surface area (Å²) in [5.74, 6) is 0.897. The number of ether oxygens (including phenoxy) is 2. The second kappa shape index (κ2) is 4.06. The highest BCUT2D eigenvalue weighted by Gasteiger charge is 2.08. The molecule has 0 aliphatic carbocycles. The van der Waals surface area contributed by atoms with E-state index in [4.69, 9.17) is 9.47 Å². The van der Waals surface area contributed by atoms with E-state index in [1.165, 1.54) is 11.3 Å². The molecule has 0 aliphatic heterocycles. The third-order valence-electron chi connectivity index (χ3n) is 2.13. The maximum Gasteiger partial charge on any atom is 0.274 e. The minimum Gasteiger partial charge on any atom is -0.494 e. The van der Waals surface area contributed by atoms with Crippen LogP contribution in [0.2, 0.25) is 0 Å². The monoisotopic (exact) mass is 223 g/mol. The van der Waals surface area contributed by atoms with Crippen LogP contribution >= 0.6 is 11.3 Å². The zero-order valence-corrected chi connectivity index (χ0v) is 9.85. The average molecular weight is 223 g/mol. The van der Waals surface area contributed by atoms with Crippen LogP contribution in [0.5, 0.6) is 10.9 Å². The smallest absolute Gasteiger partial charge is 0.274 e. The van der Waals surface area contributed by atoms with Crippen molar-refractivity contribution in [2.24, 2.45) is 0 Å². The molecule has 0 atom stereocenters. The van der Waals surface area contributed by atoms with Gasteiger partial charge in [0, 0.05) is 0 Å². The van der Waals surface area contributed by atoms with Crippen LogP contribution in [-0.4, -0.2) is 18.7 Å². The molecule has 0 aliphatic rings. The van der Waals surface area contributed by atoms with Crippen LogP contribution in [0.3, 0.4) is 0 Å². The molecule has 80 valence electrons. The zero-order chi connectivity index (χ0) is 10.8. The van der Waals surface area contributed by atoms with Gasteiger partial charge in [0.1, 0.15) is 5.75 Å². The standard InChI is InChI=1S/C11H13NO2S/c1-4-14-8-5-7(2)10-9(6-8)15-11(12-10)13-3/h5-6H,4H2,1-3H3. The van der Waals surface area contributed by atoms with Gasteiger partial charge in [-0.2, -0.15) is 0 Å². The highest BCUT2D eigenvalue weighted by atomic mass is 32.1. The molecule has 15 heavy (non-hydrogen) atoms. The molecule has 0 bridgehead atoms. The summed E-state index contributed by atoms with van der Waals surface area (Å²) < 4.78 is 11.7. The molecule has 0 unspecified atom stereocenters. The van der Waals surface area contributed by atoms with E-state index in [2.05, 4.69) is 4.98 Å². The fourth-order valence-electron chi connectivity index (χ4n) is 1.48. The number of aromatic nitrogens is 1. The predicted octanol–water partition coefficient (Wildman–Crippen LogP) is 3.01. The van der Waals surface area contributed by atoms with Crippen LogP contribution in [0.4, 0.5) is 0 Å². The number of rotatable bonds is 3. The molecule has 0 amide bonds. The molecule has 2 rings (SSSR count). The molecular weight excluding hydrogens is 210 g/mol. The first-order valence-corrected chi connectivity index (χ1v) is 5.64. The van der Waals surface area contributed by atoms with Crippen molar-refractivity contribution in [1.29, 1.82) is 0 Å². The van der Waals surface area contributed by atoms with Crippen molar-refractivity contribution in [2.75, 3.05) is 13.7 Å². The van der Waals surface area contributed by atoms with Crippen LogP contribution < -0.4 is 9.47 Å². The van der Waals surface area contributed by atoms with Crippen molar-refractivity contribution in [1.82, 2.24) is 4.98 Å². The summed E-state index contributed by atoms with van der Waals surface area (Å²) in [6.45, 7) is 4.69. The Morgan fingerprint density at radius 3 is 2.87 bits per heavy atom. The van der Waals surface area contributed by atoms with E-state index in [-0.39, 0.29) is 0 Å². The lowest BCUT2D eigenvalue weighted by molar-refractivity contribution is 0.340. The van der Waals surface area contributed by atoms with Crippen molar-refractivity contribution >= 4 is 21.6 Å². The average Bonchev–Trinajstić information content (AvgIpc) is 2.62. The Morgan fingerprint density at radius 1 is 1.40 bits per heavy atom. The van der Waals surface area contributed by atoms with Crippen LogP contribution in [0.15, 0.2) is 12.1 Å². The molecule has 0 radical (unpaired) electrons. The topological polar surface area (TPSA) is 31.4 Å². The molecule has 0 saturated heterocycles. The first-order chi connectivity index (χ1) is 7.24. The van der Waals surface area contributed by atoms with Gasteiger partial charge in [-0.15, -0.1) is 0 Å². The number of hydrogen-bond acceptors (Lipinski definition) is 4. The molecule has 4 heteroatoms. The maximum absolute atomic E-state index is 5.48. The van der Waals surface area contributed by atoms with E-state index in [1.807, 2.05) is 26.0 Å². The molecular formula is C11H13NO2S. The van der Waals surface area contributed by atoms with Crippen molar-refractivity contribution in [3.8, 4) is 10.9 Å². The minimum atomic E-state index is 0.681. The summed E-state index contributed by atoms with van der Waals surface area (Å²) in [4.78, 5) is 4.37. The van der Waals surface area contributed by atoms with E-state index in [9.17, 15) is 0 Å². The molecule has 1 aromatic carbocycles. The van der Waals surface area contributed by atoms with Gasteiger partial charge < -0.3 is 9.47 Å². The number of methoxy groups -OCH3 is 1. The van der Waals surface area contributed by atoms with Gasteiger partial charge in [-0.3, -0.25) is 0 Å². The Bertz CT molecular complexity index is 479. The van der Waals surface area contributed by atoms with E-state index in [0.29, 0.717) is 11.8 Å². The number of thiazole rings is 1. The molecule has 0 fully saturated rings. The van der Waals surface area contributed by atoms with Gasteiger partial charge in [0.05, 0.1) is 23.9 Å². The van der Waals surface area contributed by atoms with Gasteiger partial charge in [-0.25, -0.2) is 4.98 Å². The van der Waals surface area contributed by atoms with Crippen molar-refractivity contribution < 1.29 is 9.47 Å². The Kier molecular flexibility index (Phi) is 2.77. The van der Waals surface area contributed by atoms with Crippen molar-refractivity contribution in [3.63, 3.8) is 0 Å². The fourth-order valence-corrected chi connectivity index (χ4v) is 2.37. The lowest BCUT2D eigenvalue weighted by Gasteiger charge is -2.03. The lowest BCUT2D eigenvalue weighted by atomic mass is 10.2. The van der Waals surface area contributed by atoms with Crippen LogP contribution in [0, 0.1) is 6.92 Å². The normalized spacial score (nSPS) is 10.6. The quantitative estimate of drug-likeness (QED) is 0.801. The summed E-state index contributed by atoms with van der Waals surface area (Å²) >= 11 is 1.54. The second-order valence-electron chi connectivity index (χ2n) is 3.20. The number of hydrogen-bond donors (Lipinski definition) is 0. The summed E-state index contributed by atoms with van der Waals surface area (Å²) in [6, 6.07) is 4.01. The largest absolute Gasteiger partial charge is 0.494 e. The SMILES string of the molecule is CCOc1cc(C)c2nc(OC)sc2c1. The summed E-state index contributed by atoms with van der Waals surface area (Å²) in [5, 5.41) is 0.696. The molecule has 0 N–H and O–H groups in total. The van der Waals surface area contributed by atoms with Gasteiger partial charge in [0.2, 0.25) is 0 Å². The van der Waals surface area contributed by atoms with Crippen LogP contribution in [0.1, 0.15) is 12.5 Å². The van der Waals surface area contributed by atoms with Gasteiger partial charge >= 0.3 is 0 Å². The van der Waals surface area contributed by atoms with Gasteiger partial charge in [-0.05, 0) is 31.5 Å². The predicted molar refractivity (Wildman–Crippen MR) is 62.1 cm³/mol. The van der Waals surface area contributed by atoms with Gasteiger partial charge in [0.25, 0.3) is 5.19 Å². The first-order valence-electron chi connectivity index (χ1n) is 4.82. The molecule has 0 saturated carbocycles. The Labute approximate surface area is 92.7 Å². The van der Waals surface area contributed by atoms with Crippen molar-refractivity contribution in [2.45, 2.75) is 13.8 Å². The first kappa shape index (κ1) is 10.2. The third-order valence-corrected chi connectivity index (χ3v) is 3.09. The summed E-state index contributed by atoms with van der Waals surface area (Å²) in [5.41, 5.74) is 2.12. The maximum atomic E-state index is 5.48. The van der Waals surface area contributed by atoms with Gasteiger partial charge in [0.15, 0.2) is 0 Å². The highest BCUT2D eigenvalue weighted by Crippen LogP contribution is 2.32. The Balaban J connectivity index is 2.54. The van der Waals surface area contributed by atoms with Crippen LogP contribution in [-0.2, 0) is 0 Å². The lowest BCUT2D eigenvalue weighted by Crippen LogP contribution is -1.91. The van der Waals surface area contributed by atoms with Crippen LogP contribution in [0.25, 0.3) is 10.2 Å². The fraction of sp³-hybridized carbons (Fsp3) is 0.364. The number of fused-ring (bicyclic) bond motifs is 1. The Morgan fingerprint density at radius 2 is 2.20 bits per heavy atom. The molecule has 2 aromatic rings. The minimum absolute atomic E-state index is 0.681. The number of nitrogens with zero attached hydrogens (tertiary/aromatic N) is 1. The van der Waals surface area contributed by atoms with E-state index < -0.39 is 0 Å². The Hall–Kier alpha value is -1.29. The van der Waals surface area contributed by atoms with Gasteiger partial charge in [-0.1, -0.05) is 11.3 Å². The third kappa shape index (κ3) is 1.90. The molecule has 1 aromatic heterocycles. The molecule has 1 heterocycles. The summed E-state index contributed by atoms with van der Waals surface area (Å²) in [7, 11) is 1.64. The van der Waals surface area contributed by atoms with Crippen molar-refractivity contribution in [3.05, 3.63) is 17.7 Å². The number of aryl methyl sites for hydroxylation is 1. The highest BCUT2D eigenvalue weighted by molar-refractivity contribution is 7.20. The van der Waals surface area contributed by atoms with E-state index >= 15 is 0 Å². The molecule has 3 nitrogen and oxygen atoms in total. The zero-order valence-electron chi connectivity index (χ0n) is 9.03. The van der Waals surface area contributed by atoms with E-state index in [1.54, 1.807) is 7.11 Å². The number of benzene rings is 1. The summed E-state index contributed by atoms with van der Waals surface area (Å²) in [6.07, 6.45) is 0. The second-order valence-corrected chi connectivity index (χ2v) is 4.20. The van der Waals surface area contributed by atoms with E-state index in [0.717, 1.165) is 21.5 Å². The molecule has 0 spiro atoms.